The van der Waals surface area contributed by atoms with Gasteiger partial charge in [0.2, 0.25) is 5.82 Å². The molecule has 0 N–H and O–H groups in total. The molecule has 1 aromatic heterocycles. The molecule has 0 radical (unpaired) electrons. The van der Waals surface area contributed by atoms with Gasteiger partial charge in [0.05, 0.1) is 8.95 Å². The number of rotatable bonds is 4. The largest absolute Gasteiger partial charge is 0.481 e. The van der Waals surface area contributed by atoms with E-state index in [1.165, 1.54) is 12.1 Å². The predicted octanol–water partition coefficient (Wildman–Crippen LogP) is 4.98. The highest BCUT2D eigenvalue weighted by atomic mass is 79.9. The van der Waals surface area contributed by atoms with Crippen LogP contribution in [0, 0.1) is 5.82 Å². The van der Waals surface area contributed by atoms with Crippen molar-refractivity contribution < 1.29 is 13.7 Å². The maximum atomic E-state index is 12.9. The molecule has 7 heteroatoms. The van der Waals surface area contributed by atoms with Crippen LogP contribution < -0.4 is 4.74 Å². The molecule has 22 heavy (non-hydrogen) atoms. The van der Waals surface area contributed by atoms with Crippen molar-refractivity contribution in [1.29, 1.82) is 0 Å². The van der Waals surface area contributed by atoms with E-state index in [2.05, 4.69) is 42.0 Å². The lowest BCUT2D eigenvalue weighted by Crippen LogP contribution is -1.97. The zero-order chi connectivity index (χ0) is 15.5. The van der Waals surface area contributed by atoms with E-state index in [-0.39, 0.29) is 12.4 Å². The Hall–Kier alpha value is -1.73. The minimum absolute atomic E-state index is 0.134. The van der Waals surface area contributed by atoms with Gasteiger partial charge in [0.15, 0.2) is 6.61 Å². The average molecular weight is 428 g/mol. The van der Waals surface area contributed by atoms with E-state index in [0.717, 1.165) is 8.95 Å². The molecule has 1 heterocycles. The summed E-state index contributed by atoms with van der Waals surface area (Å²) < 4.78 is 25.3. The van der Waals surface area contributed by atoms with Crippen LogP contribution in [0.15, 0.2) is 55.9 Å². The summed E-state index contributed by atoms with van der Waals surface area (Å²) >= 11 is 6.82. The summed E-state index contributed by atoms with van der Waals surface area (Å²) in [5.41, 5.74) is 0.679. The molecular formula is C15H9Br2FN2O2. The number of hydrogen-bond donors (Lipinski definition) is 0. The highest BCUT2D eigenvalue weighted by molar-refractivity contribution is 9.11. The lowest BCUT2D eigenvalue weighted by Gasteiger charge is -2.07. The molecule has 0 aliphatic heterocycles. The van der Waals surface area contributed by atoms with Crippen LogP contribution in [0.5, 0.6) is 5.75 Å². The zero-order valence-corrected chi connectivity index (χ0v) is 14.3. The molecule has 0 saturated carbocycles. The van der Waals surface area contributed by atoms with Crippen LogP contribution in [0.25, 0.3) is 11.4 Å². The molecule has 0 unspecified atom stereocenters. The topological polar surface area (TPSA) is 48.2 Å². The fourth-order valence-electron chi connectivity index (χ4n) is 1.78. The van der Waals surface area contributed by atoms with E-state index in [0.29, 0.717) is 23.0 Å². The lowest BCUT2D eigenvalue weighted by molar-refractivity contribution is 0.240. The van der Waals surface area contributed by atoms with Gasteiger partial charge < -0.3 is 9.26 Å². The van der Waals surface area contributed by atoms with Gasteiger partial charge in [-0.25, -0.2) is 4.39 Å². The van der Waals surface area contributed by atoms with E-state index < -0.39 is 0 Å². The van der Waals surface area contributed by atoms with Crippen LogP contribution in [0.4, 0.5) is 4.39 Å². The van der Waals surface area contributed by atoms with Crippen molar-refractivity contribution in [2.24, 2.45) is 0 Å². The first-order valence-corrected chi connectivity index (χ1v) is 7.87. The SMILES string of the molecule is Fc1ccc(-c2noc(COc3c(Br)cccc3Br)n2)cc1. The summed E-state index contributed by atoms with van der Waals surface area (Å²) in [6.07, 6.45) is 0. The normalized spacial score (nSPS) is 10.7. The van der Waals surface area contributed by atoms with E-state index in [4.69, 9.17) is 9.26 Å². The van der Waals surface area contributed by atoms with Gasteiger partial charge in [-0.1, -0.05) is 11.2 Å². The fraction of sp³-hybridized carbons (Fsp3) is 0.0667. The highest BCUT2D eigenvalue weighted by Crippen LogP contribution is 2.33. The summed E-state index contributed by atoms with van der Waals surface area (Å²) in [5, 5.41) is 3.86. The summed E-state index contributed by atoms with van der Waals surface area (Å²) in [6.45, 7) is 0.134. The fourth-order valence-corrected chi connectivity index (χ4v) is 3.01. The molecule has 0 saturated heterocycles. The first kappa shape index (κ1) is 15.2. The molecule has 0 aliphatic rings. The Labute approximate surface area is 142 Å². The van der Waals surface area contributed by atoms with Gasteiger partial charge in [-0.15, -0.1) is 0 Å². The molecule has 0 amide bonds. The Morgan fingerprint density at radius 3 is 2.41 bits per heavy atom. The number of halogens is 3. The van der Waals surface area contributed by atoms with Crippen LogP contribution in [-0.2, 0) is 6.61 Å². The Morgan fingerprint density at radius 1 is 1.05 bits per heavy atom. The number of aromatic nitrogens is 2. The van der Waals surface area contributed by atoms with Gasteiger partial charge in [0, 0.05) is 5.56 Å². The Kier molecular flexibility index (Phi) is 4.54. The molecule has 3 rings (SSSR count). The van der Waals surface area contributed by atoms with E-state index >= 15 is 0 Å². The van der Waals surface area contributed by atoms with Crippen LogP contribution in [0.2, 0.25) is 0 Å². The van der Waals surface area contributed by atoms with Crippen molar-refractivity contribution in [2.45, 2.75) is 6.61 Å². The average Bonchev–Trinajstić information content (AvgIpc) is 2.96. The first-order valence-electron chi connectivity index (χ1n) is 6.29. The molecule has 3 aromatic rings. The van der Waals surface area contributed by atoms with Crippen molar-refractivity contribution >= 4 is 31.9 Å². The molecule has 0 fully saturated rings. The molecular weight excluding hydrogens is 419 g/mol. The molecule has 0 bridgehead atoms. The second kappa shape index (κ2) is 6.58. The third kappa shape index (κ3) is 3.36. The molecule has 112 valence electrons. The minimum atomic E-state index is -0.311. The van der Waals surface area contributed by atoms with Crippen molar-refractivity contribution in [2.75, 3.05) is 0 Å². The van der Waals surface area contributed by atoms with Crippen LogP contribution >= 0.6 is 31.9 Å². The Balaban J connectivity index is 1.73. The van der Waals surface area contributed by atoms with E-state index in [1.54, 1.807) is 12.1 Å². The molecule has 2 aromatic carbocycles. The van der Waals surface area contributed by atoms with Crippen molar-refractivity contribution in [3.8, 4) is 17.1 Å². The minimum Gasteiger partial charge on any atom is -0.481 e. The predicted molar refractivity (Wildman–Crippen MR) is 85.9 cm³/mol. The van der Waals surface area contributed by atoms with Crippen LogP contribution in [0.1, 0.15) is 5.89 Å². The molecule has 4 nitrogen and oxygen atoms in total. The standard InChI is InChI=1S/C15H9Br2FN2O2/c16-11-2-1-3-12(17)14(11)21-8-13-19-15(20-22-13)9-4-6-10(18)7-5-9/h1-7H,8H2. The summed E-state index contributed by atoms with van der Waals surface area (Å²) in [6, 6.07) is 11.5. The van der Waals surface area contributed by atoms with Gasteiger partial charge in [-0.3, -0.25) is 0 Å². The second-order valence-corrected chi connectivity index (χ2v) is 6.07. The van der Waals surface area contributed by atoms with Crippen LogP contribution in [-0.4, -0.2) is 10.1 Å². The lowest BCUT2D eigenvalue weighted by atomic mass is 10.2. The zero-order valence-electron chi connectivity index (χ0n) is 11.1. The number of hydrogen-bond acceptors (Lipinski definition) is 4. The number of benzene rings is 2. The smallest absolute Gasteiger partial charge is 0.264 e. The second-order valence-electron chi connectivity index (χ2n) is 4.36. The van der Waals surface area contributed by atoms with Gasteiger partial charge in [-0.2, -0.15) is 4.98 Å². The summed E-state index contributed by atoms with van der Waals surface area (Å²) in [7, 11) is 0. The van der Waals surface area contributed by atoms with Gasteiger partial charge in [0.1, 0.15) is 11.6 Å². The monoisotopic (exact) mass is 426 g/mol. The van der Waals surface area contributed by atoms with Gasteiger partial charge >= 0.3 is 0 Å². The van der Waals surface area contributed by atoms with Crippen molar-refractivity contribution in [3.05, 3.63) is 63.1 Å². The third-order valence-corrected chi connectivity index (χ3v) is 4.08. The maximum absolute atomic E-state index is 12.9. The molecule has 0 aliphatic carbocycles. The Bertz CT molecular complexity index is 770. The summed E-state index contributed by atoms with van der Waals surface area (Å²) in [4.78, 5) is 4.23. The maximum Gasteiger partial charge on any atom is 0.264 e. The van der Waals surface area contributed by atoms with Crippen molar-refractivity contribution in [3.63, 3.8) is 0 Å². The quantitative estimate of drug-likeness (QED) is 0.589. The summed E-state index contributed by atoms with van der Waals surface area (Å²) in [5.74, 6) is 1.07. The van der Waals surface area contributed by atoms with Crippen LogP contribution in [0.3, 0.4) is 0 Å². The number of nitrogens with zero attached hydrogens (tertiary/aromatic N) is 2. The molecule has 0 atom stereocenters. The van der Waals surface area contributed by atoms with Gasteiger partial charge in [0.25, 0.3) is 5.89 Å². The number of para-hydroxylation sites is 1. The van der Waals surface area contributed by atoms with Crippen molar-refractivity contribution in [1.82, 2.24) is 10.1 Å². The van der Waals surface area contributed by atoms with E-state index in [9.17, 15) is 4.39 Å². The molecule has 0 spiro atoms. The first-order chi connectivity index (χ1) is 10.6. The highest BCUT2D eigenvalue weighted by Gasteiger charge is 2.11. The van der Waals surface area contributed by atoms with Gasteiger partial charge in [-0.05, 0) is 68.3 Å². The Morgan fingerprint density at radius 2 is 1.73 bits per heavy atom. The number of ether oxygens (including phenoxy) is 1. The third-order valence-electron chi connectivity index (χ3n) is 2.83. The van der Waals surface area contributed by atoms with E-state index in [1.807, 2.05) is 18.2 Å².